The third-order valence-corrected chi connectivity index (χ3v) is 4.89. The van der Waals surface area contributed by atoms with E-state index in [0.29, 0.717) is 18.4 Å². The van der Waals surface area contributed by atoms with Gasteiger partial charge in [0.05, 0.1) is 24.3 Å². The summed E-state index contributed by atoms with van der Waals surface area (Å²) in [7, 11) is 0. The molecule has 1 aliphatic carbocycles. The summed E-state index contributed by atoms with van der Waals surface area (Å²) in [5.41, 5.74) is -3.20. The Kier molecular flexibility index (Phi) is 4.69. The lowest BCUT2D eigenvalue weighted by atomic mass is 9.48. The third kappa shape index (κ3) is 2.23. The monoisotopic (exact) mass is 316 g/mol. The SMILES string of the molecule is CCC[C@@H]1C(=O)CC(C#N)(C#N)C(C#N)(C#N)[C@@H]1c1ccccc1. The minimum absolute atomic E-state index is 0.227. The molecule has 2 atom stereocenters. The fourth-order valence-electron chi connectivity index (χ4n) is 3.70. The molecule has 5 nitrogen and oxygen atoms in total. The van der Waals surface area contributed by atoms with Crippen LogP contribution in [0, 0.1) is 62.1 Å². The molecular weight excluding hydrogens is 300 g/mol. The number of hydrogen-bond acceptors (Lipinski definition) is 5. The quantitative estimate of drug-likeness (QED) is 0.849. The molecule has 2 rings (SSSR count). The summed E-state index contributed by atoms with van der Waals surface area (Å²) in [5, 5.41) is 38.9. The van der Waals surface area contributed by atoms with Crippen molar-refractivity contribution >= 4 is 5.78 Å². The van der Waals surface area contributed by atoms with Crippen LogP contribution in [0.2, 0.25) is 0 Å². The maximum Gasteiger partial charge on any atom is 0.183 e. The Labute approximate surface area is 141 Å². The molecular formula is C19H16N4O. The first kappa shape index (κ1) is 17.2. The van der Waals surface area contributed by atoms with E-state index in [0.717, 1.165) is 0 Å². The van der Waals surface area contributed by atoms with E-state index in [9.17, 15) is 25.8 Å². The van der Waals surface area contributed by atoms with Gasteiger partial charge in [0, 0.05) is 18.3 Å². The van der Waals surface area contributed by atoms with Gasteiger partial charge < -0.3 is 0 Å². The highest BCUT2D eigenvalue weighted by Gasteiger charge is 2.66. The highest BCUT2D eigenvalue weighted by molar-refractivity contribution is 5.86. The van der Waals surface area contributed by atoms with Crippen LogP contribution in [0.4, 0.5) is 0 Å². The lowest BCUT2D eigenvalue weighted by molar-refractivity contribution is -0.130. The van der Waals surface area contributed by atoms with Gasteiger partial charge in [0.25, 0.3) is 0 Å². The molecule has 5 heteroatoms. The van der Waals surface area contributed by atoms with E-state index in [1.165, 1.54) is 0 Å². The molecule has 0 N–H and O–H groups in total. The summed E-state index contributed by atoms with van der Waals surface area (Å²) in [6, 6.07) is 16.4. The van der Waals surface area contributed by atoms with Crippen molar-refractivity contribution in [2.24, 2.45) is 16.7 Å². The number of Topliss-reactive ketones (excluding diaryl/α,β-unsaturated/α-hetero) is 1. The Morgan fingerprint density at radius 3 is 2.08 bits per heavy atom. The number of hydrogen-bond donors (Lipinski definition) is 0. The first-order valence-electron chi connectivity index (χ1n) is 7.78. The highest BCUT2D eigenvalue weighted by Crippen LogP contribution is 2.58. The second-order valence-corrected chi connectivity index (χ2v) is 6.09. The van der Waals surface area contributed by atoms with Crippen LogP contribution in [-0.4, -0.2) is 5.78 Å². The normalized spacial score (nSPS) is 24.0. The predicted molar refractivity (Wildman–Crippen MR) is 84.5 cm³/mol. The summed E-state index contributed by atoms with van der Waals surface area (Å²) >= 11 is 0. The van der Waals surface area contributed by atoms with Crippen molar-refractivity contribution in [3.63, 3.8) is 0 Å². The molecule has 1 aromatic carbocycles. The van der Waals surface area contributed by atoms with Crippen LogP contribution >= 0.6 is 0 Å². The van der Waals surface area contributed by atoms with Crippen LogP contribution in [0.15, 0.2) is 30.3 Å². The van der Waals surface area contributed by atoms with Crippen LogP contribution in [0.3, 0.4) is 0 Å². The predicted octanol–water partition coefficient (Wildman–Crippen LogP) is 3.23. The van der Waals surface area contributed by atoms with Crippen molar-refractivity contribution in [1.82, 2.24) is 0 Å². The van der Waals surface area contributed by atoms with Gasteiger partial charge in [-0.3, -0.25) is 4.79 Å². The Hall–Kier alpha value is -3.15. The van der Waals surface area contributed by atoms with Gasteiger partial charge in [-0.25, -0.2) is 0 Å². The number of benzene rings is 1. The van der Waals surface area contributed by atoms with Gasteiger partial charge in [-0.1, -0.05) is 43.7 Å². The first-order chi connectivity index (χ1) is 11.6. The van der Waals surface area contributed by atoms with Crippen LogP contribution in [0.1, 0.15) is 37.7 Å². The molecule has 1 aliphatic rings. The number of ketones is 1. The molecule has 0 heterocycles. The Balaban J connectivity index is 2.81. The Bertz CT molecular complexity index is 773. The zero-order valence-electron chi connectivity index (χ0n) is 13.4. The van der Waals surface area contributed by atoms with Gasteiger partial charge in [-0.15, -0.1) is 0 Å². The fourth-order valence-corrected chi connectivity index (χ4v) is 3.70. The van der Waals surface area contributed by atoms with Gasteiger partial charge in [0.15, 0.2) is 10.8 Å². The summed E-state index contributed by atoms with van der Waals surface area (Å²) in [6.07, 6.45) is 0.838. The average molecular weight is 316 g/mol. The summed E-state index contributed by atoms with van der Waals surface area (Å²) in [6.45, 7) is 1.92. The molecule has 1 fully saturated rings. The van der Waals surface area contributed by atoms with Crippen LogP contribution < -0.4 is 0 Å². The van der Waals surface area contributed by atoms with Gasteiger partial charge >= 0.3 is 0 Å². The van der Waals surface area contributed by atoms with Crippen LogP contribution in [-0.2, 0) is 4.79 Å². The molecule has 24 heavy (non-hydrogen) atoms. The summed E-state index contributed by atoms with van der Waals surface area (Å²) in [4.78, 5) is 12.7. The van der Waals surface area contributed by atoms with Crippen molar-refractivity contribution in [2.75, 3.05) is 0 Å². The molecule has 0 saturated heterocycles. The van der Waals surface area contributed by atoms with Crippen LogP contribution in [0.25, 0.3) is 0 Å². The zero-order valence-corrected chi connectivity index (χ0v) is 13.4. The van der Waals surface area contributed by atoms with E-state index >= 15 is 0 Å². The third-order valence-electron chi connectivity index (χ3n) is 4.89. The number of nitriles is 4. The van der Waals surface area contributed by atoms with Gasteiger partial charge in [0.1, 0.15) is 5.78 Å². The second kappa shape index (κ2) is 6.54. The highest BCUT2D eigenvalue weighted by atomic mass is 16.1. The number of nitrogens with zero attached hydrogens (tertiary/aromatic N) is 4. The van der Waals surface area contributed by atoms with E-state index in [2.05, 4.69) is 0 Å². The van der Waals surface area contributed by atoms with Crippen molar-refractivity contribution in [3.05, 3.63) is 35.9 Å². The number of rotatable bonds is 3. The molecule has 0 unspecified atom stereocenters. The van der Waals surface area contributed by atoms with Crippen molar-refractivity contribution < 1.29 is 4.79 Å². The molecule has 0 bridgehead atoms. The maximum atomic E-state index is 12.7. The van der Waals surface area contributed by atoms with Gasteiger partial charge in [-0.2, -0.15) is 21.0 Å². The molecule has 1 saturated carbocycles. The van der Waals surface area contributed by atoms with E-state index in [-0.39, 0.29) is 12.2 Å². The smallest absolute Gasteiger partial charge is 0.183 e. The molecule has 0 radical (unpaired) electrons. The Morgan fingerprint density at radius 2 is 1.62 bits per heavy atom. The van der Waals surface area contributed by atoms with Gasteiger partial charge in [-0.05, 0) is 12.0 Å². The topological polar surface area (TPSA) is 112 Å². The summed E-state index contributed by atoms with van der Waals surface area (Å²) < 4.78 is 0. The molecule has 1 aromatic rings. The van der Waals surface area contributed by atoms with E-state index in [4.69, 9.17) is 0 Å². The summed E-state index contributed by atoms with van der Waals surface area (Å²) in [5.74, 6) is -1.57. The maximum absolute atomic E-state index is 12.7. The minimum Gasteiger partial charge on any atom is -0.299 e. The zero-order chi connectivity index (χ0) is 17.8. The largest absolute Gasteiger partial charge is 0.299 e. The standard InChI is InChI=1S/C19H16N4O/c1-2-6-15-16(24)9-18(10-20,11-21)19(12-22,13-23)17(15)14-7-4-3-5-8-14/h3-5,7-8,15,17H,2,6,9H2,1H3/t15-,17-/m1/s1. The van der Waals surface area contributed by atoms with Crippen molar-refractivity contribution in [2.45, 2.75) is 32.1 Å². The number of carbonyl (C=O) groups is 1. The fraction of sp³-hybridized carbons (Fsp3) is 0.421. The number of carbonyl (C=O) groups excluding carboxylic acids is 1. The lowest BCUT2D eigenvalue weighted by Gasteiger charge is -2.45. The van der Waals surface area contributed by atoms with Crippen LogP contribution in [0.5, 0.6) is 0 Å². The average Bonchev–Trinajstić information content (AvgIpc) is 2.63. The Morgan fingerprint density at radius 1 is 1.04 bits per heavy atom. The van der Waals surface area contributed by atoms with Crippen molar-refractivity contribution in [3.8, 4) is 24.3 Å². The molecule has 0 amide bonds. The molecule has 0 aliphatic heterocycles. The second-order valence-electron chi connectivity index (χ2n) is 6.09. The first-order valence-corrected chi connectivity index (χ1v) is 7.78. The van der Waals surface area contributed by atoms with E-state index in [1.807, 2.05) is 31.2 Å². The lowest BCUT2D eigenvalue weighted by Crippen LogP contribution is -2.53. The van der Waals surface area contributed by atoms with Crippen molar-refractivity contribution in [1.29, 1.82) is 21.0 Å². The molecule has 118 valence electrons. The minimum atomic E-state index is -1.96. The van der Waals surface area contributed by atoms with E-state index < -0.39 is 22.7 Å². The van der Waals surface area contributed by atoms with Gasteiger partial charge in [0.2, 0.25) is 0 Å². The molecule has 0 aromatic heterocycles. The molecule has 0 spiro atoms. The van der Waals surface area contributed by atoms with E-state index in [1.54, 1.807) is 30.3 Å².